The van der Waals surface area contributed by atoms with Crippen LogP contribution in [0.25, 0.3) is 0 Å². The molecule has 1 amide bonds. The lowest BCUT2D eigenvalue weighted by Crippen LogP contribution is -2.05. The smallest absolute Gasteiger partial charge is 0.221 e. The largest absolute Gasteiger partial charge is 0.353 e. The Kier molecular flexibility index (Phi) is 4.55. The highest BCUT2D eigenvalue weighted by atomic mass is 79.9. The molecule has 0 aliphatic rings. The summed E-state index contributed by atoms with van der Waals surface area (Å²) in [5, 5.41) is 14.4. The number of carbonyl (C=O) groups is 1. The molecule has 0 heterocycles. The number of hydrogen-bond acceptors (Lipinski definition) is 3. The Bertz CT molecular complexity index is 723. The number of halogens is 2. The molecule has 0 atom stereocenters. The van der Waals surface area contributed by atoms with Crippen molar-refractivity contribution >= 4 is 38.9 Å². The van der Waals surface area contributed by atoms with E-state index in [9.17, 15) is 9.18 Å². The summed E-state index contributed by atoms with van der Waals surface area (Å²) in [7, 11) is 0. The first kappa shape index (κ1) is 15.0. The highest BCUT2D eigenvalue weighted by Gasteiger charge is 2.11. The third-order valence-electron chi connectivity index (χ3n) is 2.69. The minimum atomic E-state index is -0.528. The second-order valence-corrected chi connectivity index (χ2v) is 5.08. The monoisotopic (exact) mass is 347 g/mol. The minimum Gasteiger partial charge on any atom is -0.353 e. The van der Waals surface area contributed by atoms with Crippen LogP contribution in [-0.4, -0.2) is 5.91 Å². The van der Waals surface area contributed by atoms with Crippen molar-refractivity contribution in [1.82, 2.24) is 0 Å². The fraction of sp³-hybridized carbons (Fsp3) is 0.0667. The number of amides is 1. The Morgan fingerprint density at radius 3 is 2.38 bits per heavy atom. The van der Waals surface area contributed by atoms with Crippen molar-refractivity contribution in [3.05, 3.63) is 52.3 Å². The van der Waals surface area contributed by atoms with E-state index in [0.717, 1.165) is 0 Å². The van der Waals surface area contributed by atoms with Crippen LogP contribution in [0.4, 0.5) is 21.5 Å². The van der Waals surface area contributed by atoms with E-state index in [1.807, 2.05) is 6.07 Å². The van der Waals surface area contributed by atoms with E-state index >= 15 is 0 Å². The zero-order chi connectivity index (χ0) is 15.4. The van der Waals surface area contributed by atoms with Gasteiger partial charge in [-0.1, -0.05) is 0 Å². The topological polar surface area (TPSA) is 64.9 Å². The van der Waals surface area contributed by atoms with Crippen LogP contribution >= 0.6 is 15.9 Å². The number of anilines is 3. The van der Waals surface area contributed by atoms with Gasteiger partial charge in [0.15, 0.2) is 5.82 Å². The van der Waals surface area contributed by atoms with Crippen LogP contribution in [0, 0.1) is 17.1 Å². The molecule has 0 spiro atoms. The second-order valence-electron chi connectivity index (χ2n) is 4.28. The lowest BCUT2D eigenvalue weighted by Gasteiger charge is -2.10. The summed E-state index contributed by atoms with van der Waals surface area (Å²) in [6.45, 7) is 1.43. The normalized spacial score (nSPS) is 9.81. The fourth-order valence-corrected chi connectivity index (χ4v) is 2.16. The van der Waals surface area contributed by atoms with Gasteiger partial charge in [-0.25, -0.2) is 4.39 Å². The molecular weight excluding hydrogens is 337 g/mol. The number of benzene rings is 2. The van der Waals surface area contributed by atoms with Gasteiger partial charge in [-0.15, -0.1) is 0 Å². The van der Waals surface area contributed by atoms with E-state index < -0.39 is 5.82 Å². The molecular formula is C15H11BrFN3O. The molecule has 0 radical (unpaired) electrons. The summed E-state index contributed by atoms with van der Waals surface area (Å²) >= 11 is 3.06. The van der Waals surface area contributed by atoms with E-state index in [1.165, 1.54) is 19.1 Å². The molecule has 6 heteroatoms. The first-order chi connectivity index (χ1) is 10.0. The van der Waals surface area contributed by atoms with Gasteiger partial charge in [0.2, 0.25) is 5.91 Å². The summed E-state index contributed by atoms with van der Waals surface area (Å²) in [6, 6.07) is 11.8. The van der Waals surface area contributed by atoms with Crippen molar-refractivity contribution in [2.45, 2.75) is 6.92 Å². The maximum absolute atomic E-state index is 14.1. The minimum absolute atomic E-state index is 0.130. The molecule has 0 saturated heterocycles. The number of carbonyl (C=O) groups excluding carboxylic acids is 1. The third-order valence-corrected chi connectivity index (χ3v) is 3.46. The van der Waals surface area contributed by atoms with Crippen molar-refractivity contribution < 1.29 is 9.18 Å². The van der Waals surface area contributed by atoms with Gasteiger partial charge in [0.25, 0.3) is 0 Å². The van der Waals surface area contributed by atoms with Crippen LogP contribution in [0.5, 0.6) is 0 Å². The molecule has 0 saturated carbocycles. The predicted octanol–water partition coefficient (Wildman–Crippen LogP) is 4.16. The molecule has 2 rings (SSSR count). The van der Waals surface area contributed by atoms with Crippen LogP contribution in [0.1, 0.15) is 12.5 Å². The average molecular weight is 348 g/mol. The maximum atomic E-state index is 14.1. The first-order valence-corrected chi connectivity index (χ1v) is 6.83. The van der Waals surface area contributed by atoms with Crippen molar-refractivity contribution in [2.24, 2.45) is 0 Å². The molecule has 0 aliphatic carbocycles. The number of nitriles is 1. The van der Waals surface area contributed by atoms with Crippen molar-refractivity contribution in [1.29, 1.82) is 5.26 Å². The zero-order valence-corrected chi connectivity index (χ0v) is 12.7. The third kappa shape index (κ3) is 3.58. The van der Waals surface area contributed by atoms with Crippen molar-refractivity contribution in [3.8, 4) is 6.07 Å². The van der Waals surface area contributed by atoms with Gasteiger partial charge in [-0.2, -0.15) is 5.26 Å². The fourth-order valence-electron chi connectivity index (χ4n) is 1.73. The van der Waals surface area contributed by atoms with Crippen molar-refractivity contribution in [2.75, 3.05) is 10.6 Å². The first-order valence-electron chi connectivity index (χ1n) is 6.04. The summed E-state index contributed by atoms with van der Waals surface area (Å²) in [6.07, 6.45) is 0. The Labute approximate surface area is 129 Å². The van der Waals surface area contributed by atoms with Gasteiger partial charge in [0.05, 0.1) is 15.7 Å². The van der Waals surface area contributed by atoms with E-state index in [0.29, 0.717) is 11.4 Å². The van der Waals surface area contributed by atoms with Crippen LogP contribution in [-0.2, 0) is 4.79 Å². The summed E-state index contributed by atoms with van der Waals surface area (Å²) < 4.78 is 14.2. The van der Waals surface area contributed by atoms with Crippen LogP contribution < -0.4 is 10.6 Å². The van der Waals surface area contributed by atoms with Gasteiger partial charge in [0.1, 0.15) is 6.07 Å². The lowest BCUT2D eigenvalue weighted by atomic mass is 10.2. The summed E-state index contributed by atoms with van der Waals surface area (Å²) in [4.78, 5) is 10.9. The second kappa shape index (κ2) is 6.37. The van der Waals surface area contributed by atoms with E-state index in [1.54, 1.807) is 24.3 Å². The zero-order valence-electron chi connectivity index (χ0n) is 11.1. The summed E-state index contributed by atoms with van der Waals surface area (Å²) in [5.74, 6) is -0.683. The Hall–Kier alpha value is -2.39. The molecule has 0 fully saturated rings. The number of nitrogens with zero attached hydrogens (tertiary/aromatic N) is 1. The lowest BCUT2D eigenvalue weighted by molar-refractivity contribution is -0.114. The van der Waals surface area contributed by atoms with Crippen LogP contribution in [0.3, 0.4) is 0 Å². The maximum Gasteiger partial charge on any atom is 0.221 e. The predicted molar refractivity (Wildman–Crippen MR) is 82.8 cm³/mol. The Morgan fingerprint density at radius 2 is 1.81 bits per heavy atom. The van der Waals surface area contributed by atoms with E-state index in [-0.39, 0.29) is 21.6 Å². The molecule has 2 aromatic rings. The van der Waals surface area contributed by atoms with Crippen molar-refractivity contribution in [3.63, 3.8) is 0 Å². The molecule has 4 nitrogen and oxygen atoms in total. The Morgan fingerprint density at radius 1 is 1.19 bits per heavy atom. The van der Waals surface area contributed by atoms with Gasteiger partial charge >= 0.3 is 0 Å². The quantitative estimate of drug-likeness (QED) is 0.875. The molecule has 2 N–H and O–H groups in total. The van der Waals surface area contributed by atoms with Crippen LogP contribution in [0.2, 0.25) is 0 Å². The summed E-state index contributed by atoms with van der Waals surface area (Å²) in [5.41, 5.74) is 1.82. The number of nitrogens with one attached hydrogen (secondary N) is 2. The van der Waals surface area contributed by atoms with Gasteiger partial charge in [-0.3, -0.25) is 4.79 Å². The highest BCUT2D eigenvalue weighted by molar-refractivity contribution is 9.10. The molecule has 21 heavy (non-hydrogen) atoms. The molecule has 0 bridgehead atoms. The number of hydrogen-bond donors (Lipinski definition) is 2. The van der Waals surface area contributed by atoms with E-state index in [4.69, 9.17) is 5.26 Å². The van der Waals surface area contributed by atoms with E-state index in [2.05, 4.69) is 26.6 Å². The molecule has 0 aromatic heterocycles. The average Bonchev–Trinajstić information content (AvgIpc) is 2.45. The van der Waals surface area contributed by atoms with Gasteiger partial charge in [0, 0.05) is 18.3 Å². The van der Waals surface area contributed by atoms with Crippen LogP contribution in [0.15, 0.2) is 40.9 Å². The van der Waals surface area contributed by atoms with Gasteiger partial charge in [-0.05, 0) is 52.3 Å². The molecule has 0 aliphatic heterocycles. The standard InChI is InChI=1S/C15H11BrFN3O/c1-9(21)19-11-3-5-12(6-4-11)20-13-7-2-10(8-18)14(16)15(13)17/h2-7,20H,1H3,(H,19,21). The number of rotatable bonds is 3. The molecule has 0 unspecified atom stereocenters. The molecule has 106 valence electrons. The highest BCUT2D eigenvalue weighted by Crippen LogP contribution is 2.29. The Balaban J connectivity index is 2.21. The SMILES string of the molecule is CC(=O)Nc1ccc(Nc2ccc(C#N)c(Br)c2F)cc1. The van der Waals surface area contributed by atoms with Gasteiger partial charge < -0.3 is 10.6 Å². The molecule has 2 aromatic carbocycles.